The predicted molar refractivity (Wildman–Crippen MR) is 108 cm³/mol. The number of benzene rings is 2. The van der Waals surface area contributed by atoms with Crippen molar-refractivity contribution < 1.29 is 9.47 Å². The van der Waals surface area contributed by atoms with E-state index >= 15 is 0 Å². The molecule has 1 N–H and O–H groups in total. The third kappa shape index (κ3) is 4.86. The predicted octanol–water partition coefficient (Wildman–Crippen LogP) is 4.48. The molecule has 4 nitrogen and oxygen atoms in total. The lowest BCUT2D eigenvalue weighted by molar-refractivity contribution is 0.353. The fraction of sp³-hybridized carbons (Fsp3) is 0.261. The molecule has 27 heavy (non-hydrogen) atoms. The van der Waals surface area contributed by atoms with Gasteiger partial charge < -0.3 is 14.8 Å². The first kappa shape index (κ1) is 18.9. The van der Waals surface area contributed by atoms with Gasteiger partial charge >= 0.3 is 0 Å². The maximum atomic E-state index is 5.50. The Balaban J connectivity index is 1.87. The Kier molecular flexibility index (Phi) is 6.44. The molecule has 0 aliphatic carbocycles. The fourth-order valence-electron chi connectivity index (χ4n) is 3.18. The van der Waals surface area contributed by atoms with Gasteiger partial charge in [0.05, 0.1) is 14.2 Å². The number of nitrogens with one attached hydrogen (secondary N) is 1. The Labute approximate surface area is 161 Å². The Bertz CT molecular complexity index is 865. The van der Waals surface area contributed by atoms with Crippen molar-refractivity contribution in [1.29, 1.82) is 0 Å². The maximum Gasteiger partial charge on any atom is 0.161 e. The van der Waals surface area contributed by atoms with Crippen molar-refractivity contribution in [2.45, 2.75) is 25.9 Å². The van der Waals surface area contributed by atoms with Gasteiger partial charge in [-0.25, -0.2) is 0 Å². The molecule has 0 amide bonds. The van der Waals surface area contributed by atoms with Crippen LogP contribution in [0.3, 0.4) is 0 Å². The van der Waals surface area contributed by atoms with Crippen LogP contribution in [0, 0.1) is 6.92 Å². The van der Waals surface area contributed by atoms with Crippen LogP contribution in [-0.4, -0.2) is 19.2 Å². The second-order valence-electron chi connectivity index (χ2n) is 6.53. The zero-order valence-electron chi connectivity index (χ0n) is 16.1. The van der Waals surface area contributed by atoms with Crippen molar-refractivity contribution in [3.63, 3.8) is 0 Å². The summed E-state index contributed by atoms with van der Waals surface area (Å²) in [5.41, 5.74) is 5.01. The molecule has 0 aliphatic rings. The molecule has 0 bridgehead atoms. The van der Waals surface area contributed by atoms with Gasteiger partial charge in [0, 0.05) is 25.0 Å². The highest BCUT2D eigenvalue weighted by Crippen LogP contribution is 2.31. The minimum absolute atomic E-state index is 0.152. The van der Waals surface area contributed by atoms with Crippen LogP contribution in [0.15, 0.2) is 67.0 Å². The lowest BCUT2D eigenvalue weighted by atomic mass is 9.95. The van der Waals surface area contributed by atoms with E-state index in [1.165, 1.54) is 22.3 Å². The van der Waals surface area contributed by atoms with Gasteiger partial charge in [0.1, 0.15) is 0 Å². The van der Waals surface area contributed by atoms with E-state index in [2.05, 4.69) is 53.6 Å². The van der Waals surface area contributed by atoms with Crippen LogP contribution in [0.25, 0.3) is 0 Å². The van der Waals surface area contributed by atoms with Crippen molar-refractivity contribution in [2.24, 2.45) is 0 Å². The fourth-order valence-corrected chi connectivity index (χ4v) is 3.18. The monoisotopic (exact) mass is 362 g/mol. The van der Waals surface area contributed by atoms with Crippen molar-refractivity contribution in [3.05, 3.63) is 89.2 Å². The van der Waals surface area contributed by atoms with Crippen LogP contribution < -0.4 is 14.8 Å². The van der Waals surface area contributed by atoms with Crippen molar-refractivity contribution in [2.75, 3.05) is 14.2 Å². The molecule has 0 spiro atoms. The van der Waals surface area contributed by atoms with E-state index in [4.69, 9.17) is 9.47 Å². The zero-order valence-corrected chi connectivity index (χ0v) is 16.1. The van der Waals surface area contributed by atoms with Gasteiger partial charge in [-0.2, -0.15) is 0 Å². The minimum atomic E-state index is 0.152. The van der Waals surface area contributed by atoms with E-state index in [-0.39, 0.29) is 6.04 Å². The summed E-state index contributed by atoms with van der Waals surface area (Å²) >= 11 is 0. The number of pyridine rings is 1. The van der Waals surface area contributed by atoms with Crippen LogP contribution in [0.5, 0.6) is 11.5 Å². The Hall–Kier alpha value is -2.85. The van der Waals surface area contributed by atoms with E-state index in [1.54, 1.807) is 14.2 Å². The number of hydrogen-bond donors (Lipinski definition) is 1. The van der Waals surface area contributed by atoms with E-state index < -0.39 is 0 Å². The maximum absolute atomic E-state index is 5.50. The lowest BCUT2D eigenvalue weighted by Gasteiger charge is -2.22. The number of nitrogens with zero attached hydrogens (tertiary/aromatic N) is 1. The third-order valence-corrected chi connectivity index (χ3v) is 4.80. The van der Waals surface area contributed by atoms with Crippen LogP contribution in [0.4, 0.5) is 0 Å². The van der Waals surface area contributed by atoms with E-state index in [9.17, 15) is 0 Å². The molecule has 3 rings (SSSR count). The van der Waals surface area contributed by atoms with Gasteiger partial charge in [0.2, 0.25) is 0 Å². The van der Waals surface area contributed by atoms with E-state index in [0.717, 1.165) is 24.5 Å². The molecule has 0 radical (unpaired) electrons. The Morgan fingerprint density at radius 1 is 0.926 bits per heavy atom. The SMILES string of the molecule is COc1ccc(C(Cc2ccccc2C)NCc2ccncc2)cc1OC. The van der Waals surface area contributed by atoms with Crippen molar-refractivity contribution >= 4 is 0 Å². The highest BCUT2D eigenvalue weighted by Gasteiger charge is 2.16. The summed E-state index contributed by atoms with van der Waals surface area (Å²) < 4.78 is 10.9. The first-order valence-electron chi connectivity index (χ1n) is 9.10. The molecule has 1 aromatic heterocycles. The van der Waals surface area contributed by atoms with E-state index in [1.807, 2.05) is 30.6 Å². The average molecular weight is 362 g/mol. The summed E-state index contributed by atoms with van der Waals surface area (Å²) in [7, 11) is 3.33. The van der Waals surface area contributed by atoms with E-state index in [0.29, 0.717) is 0 Å². The van der Waals surface area contributed by atoms with Gasteiger partial charge in [-0.3, -0.25) is 4.98 Å². The molecule has 0 fully saturated rings. The largest absolute Gasteiger partial charge is 0.493 e. The van der Waals surface area contributed by atoms with Gasteiger partial charge in [0.15, 0.2) is 11.5 Å². The van der Waals surface area contributed by atoms with Crippen molar-refractivity contribution in [3.8, 4) is 11.5 Å². The Morgan fingerprint density at radius 3 is 2.37 bits per heavy atom. The molecule has 0 aliphatic heterocycles. The third-order valence-electron chi connectivity index (χ3n) is 4.80. The molecule has 1 atom stereocenters. The highest BCUT2D eigenvalue weighted by atomic mass is 16.5. The molecule has 3 aromatic rings. The second-order valence-corrected chi connectivity index (χ2v) is 6.53. The summed E-state index contributed by atoms with van der Waals surface area (Å²) in [6.45, 7) is 2.93. The smallest absolute Gasteiger partial charge is 0.161 e. The molecule has 0 saturated carbocycles. The summed E-state index contributed by atoms with van der Waals surface area (Å²) in [6.07, 6.45) is 4.54. The summed E-state index contributed by atoms with van der Waals surface area (Å²) in [5.74, 6) is 1.49. The van der Waals surface area contributed by atoms with Crippen LogP contribution in [-0.2, 0) is 13.0 Å². The quantitative estimate of drug-likeness (QED) is 0.642. The molecule has 4 heteroatoms. The molecule has 0 saturated heterocycles. The number of rotatable bonds is 8. The van der Waals surface area contributed by atoms with Gasteiger partial charge in [-0.15, -0.1) is 0 Å². The van der Waals surface area contributed by atoms with Crippen LogP contribution in [0.2, 0.25) is 0 Å². The number of ether oxygens (including phenoxy) is 2. The van der Waals surface area contributed by atoms with Gasteiger partial charge in [-0.05, 0) is 59.9 Å². The average Bonchev–Trinajstić information content (AvgIpc) is 2.72. The molecule has 1 heterocycles. The number of aromatic nitrogens is 1. The van der Waals surface area contributed by atoms with Crippen LogP contribution >= 0.6 is 0 Å². The summed E-state index contributed by atoms with van der Waals surface area (Å²) in [6, 6.07) is 18.9. The molecule has 2 aromatic carbocycles. The lowest BCUT2D eigenvalue weighted by Crippen LogP contribution is -2.23. The number of methoxy groups -OCH3 is 2. The highest BCUT2D eigenvalue weighted by molar-refractivity contribution is 5.44. The van der Waals surface area contributed by atoms with Gasteiger partial charge in [-0.1, -0.05) is 30.3 Å². The first-order valence-corrected chi connectivity index (χ1v) is 9.10. The van der Waals surface area contributed by atoms with Crippen molar-refractivity contribution in [1.82, 2.24) is 10.3 Å². The Morgan fingerprint density at radius 2 is 1.67 bits per heavy atom. The molecular formula is C23H26N2O2. The number of aryl methyl sites for hydroxylation is 1. The first-order chi connectivity index (χ1) is 13.2. The van der Waals surface area contributed by atoms with Crippen LogP contribution in [0.1, 0.15) is 28.3 Å². The molecule has 1 unspecified atom stereocenters. The number of hydrogen-bond acceptors (Lipinski definition) is 4. The van der Waals surface area contributed by atoms with Gasteiger partial charge in [0.25, 0.3) is 0 Å². The minimum Gasteiger partial charge on any atom is -0.493 e. The summed E-state index contributed by atoms with van der Waals surface area (Å²) in [4.78, 5) is 4.09. The summed E-state index contributed by atoms with van der Waals surface area (Å²) in [5, 5.41) is 3.69. The zero-order chi connectivity index (χ0) is 19.1. The standard InChI is InChI=1S/C23H26N2O2/c1-17-6-4-5-7-19(17)14-21(25-16-18-10-12-24-13-11-18)20-8-9-22(26-2)23(15-20)27-3/h4-13,15,21,25H,14,16H2,1-3H3. The molecular weight excluding hydrogens is 336 g/mol. The molecule has 140 valence electrons. The topological polar surface area (TPSA) is 43.4 Å². The normalized spacial score (nSPS) is 11.8. The second kappa shape index (κ2) is 9.19.